The molecule has 0 aliphatic carbocycles. The van der Waals surface area contributed by atoms with Crippen LogP contribution in [0.25, 0.3) is 11.1 Å². The van der Waals surface area contributed by atoms with Crippen molar-refractivity contribution in [1.82, 2.24) is 10.1 Å². The zero-order chi connectivity index (χ0) is 21.6. The van der Waals surface area contributed by atoms with Gasteiger partial charge in [0, 0.05) is 24.1 Å². The first-order valence-corrected chi connectivity index (χ1v) is 13.0. The molecule has 3 rings (SSSR count). The lowest BCUT2D eigenvalue weighted by Crippen LogP contribution is -2.11. The van der Waals surface area contributed by atoms with Gasteiger partial charge >= 0.3 is 0 Å². The highest BCUT2D eigenvalue weighted by Gasteiger charge is 2.21. The summed E-state index contributed by atoms with van der Waals surface area (Å²) in [6.07, 6.45) is 4.22. The van der Waals surface area contributed by atoms with Crippen molar-refractivity contribution in [3.05, 3.63) is 60.2 Å². The third kappa shape index (κ3) is 6.40. The number of aryl methyl sites for hydroxylation is 1. The Bertz CT molecular complexity index is 926. The Hall–Kier alpha value is -2.19. The van der Waals surface area contributed by atoms with Gasteiger partial charge in [-0.25, -0.2) is 0 Å². The van der Waals surface area contributed by atoms with E-state index in [1.165, 1.54) is 22.1 Å². The van der Waals surface area contributed by atoms with Gasteiger partial charge in [-0.2, -0.15) is 4.98 Å². The largest absolute Gasteiger partial charge is 0.385 e. The summed E-state index contributed by atoms with van der Waals surface area (Å²) in [7, 11) is -0.0411. The standard InChI is InChI=1S/C25H34N3OP/c1-25(2,3)24-27-23(28-29-24)12-7-6-8-17-26-21-11-9-10-20(18-21)19-13-15-22(16-14-19)30(4)5/h9-11,13-16,18,26H,6-8,12,17H2,1-5H3. The third-order valence-electron chi connectivity index (χ3n) is 5.10. The summed E-state index contributed by atoms with van der Waals surface area (Å²) in [5.74, 6) is 1.55. The Morgan fingerprint density at radius 3 is 2.37 bits per heavy atom. The minimum atomic E-state index is -0.0824. The topological polar surface area (TPSA) is 51.0 Å². The monoisotopic (exact) mass is 423 g/mol. The van der Waals surface area contributed by atoms with Gasteiger partial charge in [0.25, 0.3) is 0 Å². The Kier molecular flexibility index (Phi) is 7.66. The van der Waals surface area contributed by atoms with Crippen LogP contribution in [0.2, 0.25) is 0 Å². The van der Waals surface area contributed by atoms with Crippen LogP contribution in [-0.4, -0.2) is 30.0 Å². The van der Waals surface area contributed by atoms with Crippen molar-refractivity contribution in [3.63, 3.8) is 0 Å². The van der Waals surface area contributed by atoms with Crippen LogP contribution in [0.4, 0.5) is 5.69 Å². The Labute approximate surface area is 182 Å². The van der Waals surface area contributed by atoms with Crippen molar-refractivity contribution in [2.24, 2.45) is 0 Å². The molecule has 1 N–H and O–H groups in total. The molecule has 0 radical (unpaired) electrons. The lowest BCUT2D eigenvalue weighted by molar-refractivity contribution is 0.318. The number of nitrogens with one attached hydrogen (secondary N) is 1. The van der Waals surface area contributed by atoms with Crippen molar-refractivity contribution in [2.45, 2.75) is 51.9 Å². The molecule has 160 valence electrons. The van der Waals surface area contributed by atoms with E-state index in [2.05, 4.69) is 98.1 Å². The molecule has 0 saturated heterocycles. The fourth-order valence-electron chi connectivity index (χ4n) is 3.24. The summed E-state index contributed by atoms with van der Waals surface area (Å²) in [6, 6.07) is 17.7. The van der Waals surface area contributed by atoms with Crippen LogP contribution in [0.5, 0.6) is 0 Å². The molecule has 3 aromatic rings. The molecule has 1 aromatic heterocycles. The highest BCUT2D eigenvalue weighted by Crippen LogP contribution is 2.27. The molecular weight excluding hydrogens is 389 g/mol. The maximum absolute atomic E-state index is 5.36. The SMILES string of the molecule is CP(C)c1ccc(-c2cccc(NCCCCCc3noc(C(C)(C)C)n3)c2)cc1. The number of hydrogen-bond donors (Lipinski definition) is 1. The summed E-state index contributed by atoms with van der Waals surface area (Å²) in [4.78, 5) is 4.51. The second-order valence-electron chi connectivity index (χ2n) is 9.03. The molecule has 0 bridgehead atoms. The highest BCUT2D eigenvalue weighted by atomic mass is 31.1. The molecule has 0 spiro atoms. The average Bonchev–Trinajstić information content (AvgIpc) is 3.20. The van der Waals surface area contributed by atoms with Crippen LogP contribution in [0.1, 0.15) is 51.7 Å². The van der Waals surface area contributed by atoms with Crippen LogP contribution in [0.15, 0.2) is 53.1 Å². The third-order valence-corrected chi connectivity index (χ3v) is 6.43. The summed E-state index contributed by atoms with van der Waals surface area (Å²) in [5, 5.41) is 9.10. The molecule has 5 heteroatoms. The zero-order valence-corrected chi connectivity index (χ0v) is 19.8. The van der Waals surface area contributed by atoms with Gasteiger partial charge in [-0.05, 0) is 54.7 Å². The van der Waals surface area contributed by atoms with Gasteiger partial charge in [0.15, 0.2) is 5.82 Å². The average molecular weight is 424 g/mol. The van der Waals surface area contributed by atoms with Gasteiger partial charge in [0.05, 0.1) is 0 Å². The minimum absolute atomic E-state index is 0.0411. The number of benzene rings is 2. The van der Waals surface area contributed by atoms with Gasteiger partial charge in [-0.15, -0.1) is 0 Å². The molecule has 0 saturated carbocycles. The molecule has 0 unspecified atom stereocenters. The normalized spacial score (nSPS) is 11.8. The summed E-state index contributed by atoms with van der Waals surface area (Å²) < 4.78 is 5.36. The van der Waals surface area contributed by atoms with Crippen molar-refractivity contribution in [3.8, 4) is 11.1 Å². The van der Waals surface area contributed by atoms with Crippen molar-refractivity contribution in [2.75, 3.05) is 25.2 Å². The van der Waals surface area contributed by atoms with E-state index in [0.29, 0.717) is 0 Å². The van der Waals surface area contributed by atoms with E-state index in [9.17, 15) is 0 Å². The number of rotatable bonds is 9. The van der Waals surface area contributed by atoms with Gasteiger partial charge < -0.3 is 9.84 Å². The molecule has 0 aliphatic heterocycles. The van der Waals surface area contributed by atoms with Gasteiger partial charge in [-0.1, -0.05) is 76.7 Å². The number of anilines is 1. The Balaban J connectivity index is 1.42. The van der Waals surface area contributed by atoms with E-state index in [4.69, 9.17) is 4.52 Å². The lowest BCUT2D eigenvalue weighted by Gasteiger charge is -2.10. The molecular formula is C25H34N3OP. The predicted octanol–water partition coefficient (Wildman–Crippen LogP) is 6.23. The van der Waals surface area contributed by atoms with Gasteiger partial charge in [0.2, 0.25) is 5.89 Å². The van der Waals surface area contributed by atoms with Gasteiger partial charge in [0.1, 0.15) is 0 Å². The maximum atomic E-state index is 5.36. The maximum Gasteiger partial charge on any atom is 0.232 e. The number of hydrogen-bond acceptors (Lipinski definition) is 4. The summed E-state index contributed by atoms with van der Waals surface area (Å²) in [6.45, 7) is 11.8. The van der Waals surface area contributed by atoms with Crippen LogP contribution < -0.4 is 10.6 Å². The first-order valence-electron chi connectivity index (χ1n) is 10.8. The summed E-state index contributed by atoms with van der Waals surface area (Å²) in [5.41, 5.74) is 3.63. The zero-order valence-electron chi connectivity index (χ0n) is 18.9. The highest BCUT2D eigenvalue weighted by molar-refractivity contribution is 7.64. The molecule has 2 aromatic carbocycles. The van der Waals surface area contributed by atoms with E-state index in [1.54, 1.807) is 0 Å². The Morgan fingerprint density at radius 2 is 1.70 bits per heavy atom. The van der Waals surface area contributed by atoms with Crippen LogP contribution in [0, 0.1) is 0 Å². The van der Waals surface area contributed by atoms with Crippen molar-refractivity contribution in [1.29, 1.82) is 0 Å². The molecule has 4 nitrogen and oxygen atoms in total. The predicted molar refractivity (Wildman–Crippen MR) is 129 cm³/mol. The van der Waals surface area contributed by atoms with Crippen LogP contribution in [0.3, 0.4) is 0 Å². The number of nitrogens with zero attached hydrogens (tertiary/aromatic N) is 2. The number of unbranched alkanes of at least 4 members (excludes halogenated alkanes) is 2. The molecule has 0 atom stereocenters. The van der Waals surface area contributed by atoms with Crippen LogP contribution >= 0.6 is 7.92 Å². The van der Waals surface area contributed by atoms with E-state index >= 15 is 0 Å². The van der Waals surface area contributed by atoms with E-state index in [1.807, 2.05) is 0 Å². The van der Waals surface area contributed by atoms with Gasteiger partial charge in [-0.3, -0.25) is 0 Å². The van der Waals surface area contributed by atoms with Crippen molar-refractivity contribution < 1.29 is 4.52 Å². The fourth-order valence-corrected chi connectivity index (χ4v) is 3.98. The fraction of sp³-hybridized carbons (Fsp3) is 0.440. The second kappa shape index (κ2) is 10.2. The summed E-state index contributed by atoms with van der Waals surface area (Å²) >= 11 is 0. The van der Waals surface area contributed by atoms with E-state index in [0.717, 1.165) is 43.9 Å². The molecule has 0 aliphatic rings. The quantitative estimate of drug-likeness (QED) is 0.328. The minimum Gasteiger partial charge on any atom is -0.385 e. The number of aromatic nitrogens is 2. The van der Waals surface area contributed by atoms with Crippen molar-refractivity contribution >= 4 is 18.9 Å². The van der Waals surface area contributed by atoms with E-state index < -0.39 is 0 Å². The Morgan fingerprint density at radius 1 is 0.933 bits per heavy atom. The van der Waals surface area contributed by atoms with E-state index in [-0.39, 0.29) is 13.3 Å². The lowest BCUT2D eigenvalue weighted by atomic mass is 9.97. The molecule has 0 fully saturated rings. The first-order chi connectivity index (χ1) is 14.3. The molecule has 0 amide bonds. The smallest absolute Gasteiger partial charge is 0.232 e. The molecule has 1 heterocycles. The first kappa shape index (κ1) is 22.5. The van der Waals surface area contributed by atoms with Crippen LogP contribution in [-0.2, 0) is 11.8 Å². The molecule has 30 heavy (non-hydrogen) atoms. The second-order valence-corrected chi connectivity index (χ2v) is 11.3.